The van der Waals surface area contributed by atoms with Crippen molar-refractivity contribution in [3.63, 3.8) is 0 Å². The van der Waals surface area contributed by atoms with E-state index in [-0.39, 0.29) is 12.8 Å². The fraction of sp³-hybridized carbons (Fsp3) is 0.360. The molecule has 2 amide bonds. The highest BCUT2D eigenvalue weighted by molar-refractivity contribution is 5.94. The number of rotatable bonds is 3. The molecular formula is C25H28N6O3. The summed E-state index contributed by atoms with van der Waals surface area (Å²) < 4.78 is 10.9. The number of aromatic nitrogens is 2. The van der Waals surface area contributed by atoms with Crippen LogP contribution in [0.25, 0.3) is 16.6 Å². The molecule has 3 aliphatic heterocycles. The Labute approximate surface area is 197 Å². The van der Waals surface area contributed by atoms with Crippen molar-refractivity contribution in [3.05, 3.63) is 48.3 Å². The van der Waals surface area contributed by atoms with Gasteiger partial charge in [-0.25, -0.2) is 9.78 Å². The van der Waals surface area contributed by atoms with Crippen LogP contribution in [0.3, 0.4) is 0 Å². The number of anilines is 2. The minimum absolute atomic E-state index is 0.150. The first-order chi connectivity index (χ1) is 16.6. The Morgan fingerprint density at radius 3 is 2.71 bits per heavy atom. The summed E-state index contributed by atoms with van der Waals surface area (Å²) in [5, 5.41) is 4.50. The highest BCUT2D eigenvalue weighted by Crippen LogP contribution is 2.36. The van der Waals surface area contributed by atoms with E-state index < -0.39 is 0 Å². The Hall–Kier alpha value is -3.72. The molecule has 3 aliphatic rings. The molecule has 5 heterocycles. The third kappa shape index (κ3) is 3.92. The number of carbonyl (C=O) groups is 1. The highest BCUT2D eigenvalue weighted by atomic mass is 16.7. The Kier molecular flexibility index (Phi) is 5.26. The quantitative estimate of drug-likeness (QED) is 0.622. The maximum atomic E-state index is 12.9. The van der Waals surface area contributed by atoms with Gasteiger partial charge in [0.25, 0.3) is 0 Å². The zero-order chi connectivity index (χ0) is 23.1. The SMILES string of the molecule is CN1CCN(C(=O)N2CC=C(c3cc4c(Nc5ccc6c(c5)OCO6)ccnc4[nH]3)CC2)CC1. The zero-order valence-corrected chi connectivity index (χ0v) is 19.2. The number of fused-ring (bicyclic) bond motifs is 2. The molecule has 0 unspecified atom stereocenters. The topological polar surface area (TPSA) is 86.0 Å². The van der Waals surface area contributed by atoms with Crippen molar-refractivity contribution in [3.8, 4) is 11.5 Å². The van der Waals surface area contributed by atoms with E-state index in [0.717, 1.165) is 78.7 Å². The van der Waals surface area contributed by atoms with E-state index in [1.54, 1.807) is 6.20 Å². The van der Waals surface area contributed by atoms with Crippen LogP contribution in [0.2, 0.25) is 0 Å². The number of ether oxygens (including phenoxy) is 2. The second kappa shape index (κ2) is 8.57. The summed E-state index contributed by atoms with van der Waals surface area (Å²) in [6, 6.07) is 10.1. The number of hydrogen-bond donors (Lipinski definition) is 2. The minimum atomic E-state index is 0.150. The van der Waals surface area contributed by atoms with Crippen LogP contribution in [0.4, 0.5) is 16.2 Å². The monoisotopic (exact) mass is 460 g/mol. The van der Waals surface area contributed by atoms with Crippen molar-refractivity contribution in [2.75, 3.05) is 58.4 Å². The number of pyridine rings is 1. The van der Waals surface area contributed by atoms with Gasteiger partial charge in [0.15, 0.2) is 11.5 Å². The number of carbonyl (C=O) groups excluding carboxylic acids is 1. The van der Waals surface area contributed by atoms with Crippen molar-refractivity contribution in [1.29, 1.82) is 0 Å². The zero-order valence-electron chi connectivity index (χ0n) is 19.2. The molecular weight excluding hydrogens is 432 g/mol. The van der Waals surface area contributed by atoms with Gasteiger partial charge in [-0.2, -0.15) is 0 Å². The Balaban J connectivity index is 1.18. The van der Waals surface area contributed by atoms with Crippen LogP contribution in [0.1, 0.15) is 12.1 Å². The fourth-order valence-corrected chi connectivity index (χ4v) is 4.72. The molecule has 34 heavy (non-hydrogen) atoms. The van der Waals surface area contributed by atoms with Gasteiger partial charge in [0.2, 0.25) is 6.79 Å². The molecule has 0 saturated carbocycles. The van der Waals surface area contributed by atoms with E-state index in [1.165, 1.54) is 5.57 Å². The minimum Gasteiger partial charge on any atom is -0.454 e. The molecule has 0 spiro atoms. The second-order valence-electron chi connectivity index (χ2n) is 9.00. The normalized spacial score (nSPS) is 18.3. The van der Waals surface area contributed by atoms with E-state index in [9.17, 15) is 4.79 Å². The fourth-order valence-electron chi connectivity index (χ4n) is 4.72. The molecule has 9 heteroatoms. The first kappa shape index (κ1) is 20.9. The Morgan fingerprint density at radius 2 is 1.88 bits per heavy atom. The number of hydrogen-bond acceptors (Lipinski definition) is 6. The summed E-state index contributed by atoms with van der Waals surface area (Å²) in [6.07, 6.45) is 4.77. The van der Waals surface area contributed by atoms with Crippen LogP contribution < -0.4 is 14.8 Å². The average molecular weight is 461 g/mol. The third-order valence-corrected chi connectivity index (χ3v) is 6.78. The van der Waals surface area contributed by atoms with Gasteiger partial charge < -0.3 is 34.5 Å². The number of nitrogens with zero attached hydrogens (tertiary/aromatic N) is 4. The number of likely N-dealkylation sites (N-methyl/N-ethyl adjacent to an activating group) is 1. The number of urea groups is 1. The number of benzene rings is 1. The third-order valence-electron chi connectivity index (χ3n) is 6.78. The maximum Gasteiger partial charge on any atom is 0.320 e. The number of aromatic amines is 1. The van der Waals surface area contributed by atoms with Crippen molar-refractivity contribution < 1.29 is 14.3 Å². The predicted octanol–water partition coefficient (Wildman–Crippen LogP) is 3.49. The van der Waals surface area contributed by atoms with Gasteiger partial charge in [-0.3, -0.25) is 0 Å². The van der Waals surface area contributed by atoms with Gasteiger partial charge in [0, 0.05) is 68.3 Å². The van der Waals surface area contributed by atoms with Crippen LogP contribution >= 0.6 is 0 Å². The first-order valence-electron chi connectivity index (χ1n) is 11.7. The van der Waals surface area contributed by atoms with E-state index in [2.05, 4.69) is 39.4 Å². The predicted molar refractivity (Wildman–Crippen MR) is 131 cm³/mol. The lowest BCUT2D eigenvalue weighted by atomic mass is 10.0. The van der Waals surface area contributed by atoms with Gasteiger partial charge in [-0.15, -0.1) is 0 Å². The van der Waals surface area contributed by atoms with Gasteiger partial charge in [-0.05, 0) is 43.3 Å². The Bertz CT molecular complexity index is 1260. The molecule has 0 aliphatic carbocycles. The summed E-state index contributed by atoms with van der Waals surface area (Å²) in [5.41, 5.74) is 4.99. The molecule has 0 bridgehead atoms. The number of H-pyrrole nitrogens is 1. The van der Waals surface area contributed by atoms with E-state index in [0.29, 0.717) is 6.54 Å². The second-order valence-corrected chi connectivity index (χ2v) is 9.00. The molecule has 0 atom stereocenters. The van der Waals surface area contributed by atoms with Crippen LogP contribution in [-0.4, -0.2) is 83.8 Å². The molecule has 2 N–H and O–H groups in total. The van der Waals surface area contributed by atoms with Crippen LogP contribution in [0.15, 0.2) is 42.6 Å². The standard InChI is InChI=1S/C25H28N6O3/c1-29-10-12-31(13-11-29)25(32)30-8-5-17(6-9-30)21-15-19-20(4-7-26-24(19)28-21)27-18-2-3-22-23(14-18)34-16-33-22/h2-5,7,14-15H,6,8-13,16H2,1H3,(H2,26,27,28). The van der Waals surface area contributed by atoms with E-state index >= 15 is 0 Å². The van der Waals surface area contributed by atoms with Crippen LogP contribution in [0, 0.1) is 0 Å². The van der Waals surface area contributed by atoms with Gasteiger partial charge >= 0.3 is 6.03 Å². The summed E-state index contributed by atoms with van der Waals surface area (Å²) in [4.78, 5) is 27.1. The van der Waals surface area contributed by atoms with E-state index in [4.69, 9.17) is 9.47 Å². The van der Waals surface area contributed by atoms with Gasteiger partial charge in [-0.1, -0.05) is 6.08 Å². The molecule has 3 aromatic rings. The largest absolute Gasteiger partial charge is 0.454 e. The van der Waals surface area contributed by atoms with Crippen molar-refractivity contribution in [2.24, 2.45) is 0 Å². The van der Waals surface area contributed by atoms with Gasteiger partial charge in [0.1, 0.15) is 5.65 Å². The summed E-state index contributed by atoms with van der Waals surface area (Å²) >= 11 is 0. The average Bonchev–Trinajstić information content (AvgIpc) is 3.52. The number of amides is 2. The van der Waals surface area contributed by atoms with Crippen molar-refractivity contribution in [2.45, 2.75) is 6.42 Å². The molecule has 2 aromatic heterocycles. The van der Waals surface area contributed by atoms with Crippen molar-refractivity contribution in [1.82, 2.24) is 24.7 Å². The van der Waals surface area contributed by atoms with Crippen molar-refractivity contribution >= 4 is 34.0 Å². The lowest BCUT2D eigenvalue weighted by Crippen LogP contribution is -2.52. The molecule has 0 radical (unpaired) electrons. The lowest BCUT2D eigenvalue weighted by Gasteiger charge is -2.37. The maximum absolute atomic E-state index is 12.9. The smallest absolute Gasteiger partial charge is 0.320 e. The molecule has 176 valence electrons. The molecule has 1 aromatic carbocycles. The number of piperazine rings is 1. The molecule has 9 nitrogen and oxygen atoms in total. The van der Waals surface area contributed by atoms with Crippen LogP contribution in [-0.2, 0) is 0 Å². The summed E-state index contributed by atoms with van der Waals surface area (Å²) in [7, 11) is 2.10. The summed E-state index contributed by atoms with van der Waals surface area (Å²) in [6.45, 7) is 5.09. The highest BCUT2D eigenvalue weighted by Gasteiger charge is 2.26. The Morgan fingerprint density at radius 1 is 1.03 bits per heavy atom. The lowest BCUT2D eigenvalue weighted by molar-refractivity contribution is 0.125. The summed E-state index contributed by atoms with van der Waals surface area (Å²) in [5.74, 6) is 1.51. The molecule has 6 rings (SSSR count). The molecule has 1 fully saturated rings. The van der Waals surface area contributed by atoms with Crippen LogP contribution in [0.5, 0.6) is 11.5 Å². The van der Waals surface area contributed by atoms with E-state index in [1.807, 2.05) is 34.1 Å². The first-order valence-corrected chi connectivity index (χ1v) is 11.7. The number of nitrogens with one attached hydrogen (secondary N) is 2. The molecule has 1 saturated heterocycles. The van der Waals surface area contributed by atoms with Gasteiger partial charge in [0.05, 0.1) is 5.69 Å².